The zero-order valence-corrected chi connectivity index (χ0v) is 19.3. The van der Waals surface area contributed by atoms with Gasteiger partial charge in [-0.05, 0) is 18.2 Å². The number of aromatic hydroxyl groups is 1. The Kier molecular flexibility index (Phi) is 5.94. The third-order valence-corrected chi connectivity index (χ3v) is 6.39. The number of halogens is 4. The highest BCUT2D eigenvalue weighted by Crippen LogP contribution is 2.48. The first-order chi connectivity index (χ1) is 15.2. The average molecular weight is 510 g/mol. The van der Waals surface area contributed by atoms with Crippen LogP contribution in [0.1, 0.15) is 34.1 Å². The molecule has 0 spiro atoms. The molecule has 4 rings (SSSR count). The fourth-order valence-corrected chi connectivity index (χ4v) is 4.49. The van der Waals surface area contributed by atoms with E-state index in [0.29, 0.717) is 22.8 Å². The van der Waals surface area contributed by atoms with E-state index in [1.807, 2.05) is 0 Å². The quantitative estimate of drug-likeness (QED) is 0.177. The summed E-state index contributed by atoms with van der Waals surface area (Å²) in [6.45, 7) is 1.67. The van der Waals surface area contributed by atoms with Gasteiger partial charge in [0.25, 0.3) is 0 Å². The van der Waals surface area contributed by atoms with Crippen LogP contribution in [0.25, 0.3) is 33.4 Å². The minimum atomic E-state index is -0.485. The number of Topliss-reactive ketones (excluding diaryl/α,β-unsaturated/α-hetero) is 1. The lowest BCUT2D eigenvalue weighted by molar-refractivity contribution is 0.0987. The van der Waals surface area contributed by atoms with Gasteiger partial charge in [-0.1, -0.05) is 53.3 Å². The third kappa shape index (κ3) is 3.55. The Bertz CT molecular complexity index is 1470. The predicted molar refractivity (Wildman–Crippen MR) is 126 cm³/mol. The van der Waals surface area contributed by atoms with Crippen molar-refractivity contribution in [1.82, 2.24) is 0 Å². The van der Waals surface area contributed by atoms with Gasteiger partial charge in [-0.15, -0.1) is 0 Å². The lowest BCUT2D eigenvalue weighted by Crippen LogP contribution is -2.06. The molecule has 9 heteroatoms. The first-order valence-corrected chi connectivity index (χ1v) is 10.8. The lowest BCUT2D eigenvalue weighted by Gasteiger charge is -2.20. The molecule has 1 aliphatic heterocycles. The van der Waals surface area contributed by atoms with Crippen molar-refractivity contribution in [3.8, 4) is 28.2 Å². The number of aldehydes is 1. The molecule has 0 fully saturated rings. The summed E-state index contributed by atoms with van der Waals surface area (Å²) in [6.07, 6.45) is 0.684. The van der Waals surface area contributed by atoms with Crippen molar-refractivity contribution in [2.75, 3.05) is 0 Å². The summed E-state index contributed by atoms with van der Waals surface area (Å²) < 4.78 is 5.81. The van der Waals surface area contributed by atoms with E-state index in [-0.39, 0.29) is 66.1 Å². The van der Waals surface area contributed by atoms with Gasteiger partial charge < -0.3 is 9.52 Å². The molecule has 0 bridgehead atoms. The highest BCUT2D eigenvalue weighted by atomic mass is 35.5. The van der Waals surface area contributed by atoms with Crippen LogP contribution in [-0.2, 0) is 0 Å². The summed E-state index contributed by atoms with van der Waals surface area (Å²) in [4.78, 5) is 36.7. The molecule has 1 N–H and O–H groups in total. The monoisotopic (exact) mass is 508 g/mol. The van der Waals surface area contributed by atoms with E-state index in [2.05, 4.69) is 0 Å². The van der Waals surface area contributed by atoms with E-state index < -0.39 is 5.43 Å². The SMILES string of the molecule is CCC(=O)c1cc(Cl)c(C=O)c(-c2c3cc(Cl)c(=O)cc-3oc3cc(O)c(Cl)cc23)c1Cl. The fraction of sp³-hybridized carbons (Fsp3) is 0.0870. The van der Waals surface area contributed by atoms with Crippen molar-refractivity contribution in [3.63, 3.8) is 0 Å². The van der Waals surface area contributed by atoms with E-state index in [0.717, 1.165) is 0 Å². The van der Waals surface area contributed by atoms with E-state index in [4.69, 9.17) is 50.8 Å². The molecule has 0 unspecified atom stereocenters. The van der Waals surface area contributed by atoms with E-state index in [1.54, 1.807) is 6.92 Å². The fourth-order valence-electron chi connectivity index (χ4n) is 3.56. The molecule has 0 radical (unpaired) electrons. The van der Waals surface area contributed by atoms with Gasteiger partial charge in [0.1, 0.15) is 17.1 Å². The number of benzene rings is 3. The van der Waals surface area contributed by atoms with Crippen LogP contribution < -0.4 is 5.43 Å². The Balaban J connectivity index is 2.31. The summed E-state index contributed by atoms with van der Waals surface area (Å²) in [6, 6.07) is 6.62. The Labute approximate surface area is 201 Å². The summed E-state index contributed by atoms with van der Waals surface area (Å²) in [5, 5.41) is 10.4. The maximum Gasteiger partial charge on any atom is 0.200 e. The standard InChI is InChI=1S/C23H12Cl4O5/c1-2-16(29)9-3-13(24)12(8-28)22(23(9)27)21-10-4-14(25)17(30)6-19(10)32-20-7-18(31)15(26)5-11(20)21/h3-8,30H,2H2,1H3. The minimum absolute atomic E-state index is 0.00340. The molecule has 2 aliphatic rings. The smallest absolute Gasteiger partial charge is 0.200 e. The van der Waals surface area contributed by atoms with Crippen molar-refractivity contribution < 1.29 is 19.1 Å². The molecule has 0 atom stereocenters. The van der Waals surface area contributed by atoms with E-state index in [1.165, 1.54) is 30.3 Å². The van der Waals surface area contributed by atoms with Gasteiger partial charge in [-0.2, -0.15) is 0 Å². The van der Waals surface area contributed by atoms with Crippen LogP contribution in [0, 0.1) is 0 Å². The summed E-state index contributed by atoms with van der Waals surface area (Å²) >= 11 is 25.3. The maximum absolute atomic E-state index is 12.5. The molecule has 32 heavy (non-hydrogen) atoms. The zero-order chi connectivity index (χ0) is 23.3. The molecule has 0 aromatic heterocycles. The van der Waals surface area contributed by atoms with Crippen molar-refractivity contribution in [1.29, 1.82) is 0 Å². The van der Waals surface area contributed by atoms with Crippen molar-refractivity contribution in [2.24, 2.45) is 0 Å². The van der Waals surface area contributed by atoms with Crippen LogP contribution >= 0.6 is 46.4 Å². The summed E-state index contributed by atoms with van der Waals surface area (Å²) in [5.41, 5.74) is 0.667. The van der Waals surface area contributed by atoms with Gasteiger partial charge in [0.15, 0.2) is 12.1 Å². The first kappa shape index (κ1) is 22.6. The number of ketones is 1. The number of phenolic OH excluding ortho intramolecular Hbond substituents is 1. The summed E-state index contributed by atoms with van der Waals surface area (Å²) in [5.74, 6) is -0.403. The molecule has 2 aromatic carbocycles. The number of hydrogen-bond acceptors (Lipinski definition) is 5. The molecule has 0 saturated heterocycles. The maximum atomic E-state index is 12.5. The minimum Gasteiger partial charge on any atom is -0.506 e. The number of carbonyl (C=O) groups is 2. The Morgan fingerprint density at radius 2 is 1.72 bits per heavy atom. The molecule has 5 nitrogen and oxygen atoms in total. The number of rotatable bonds is 4. The second-order valence-corrected chi connectivity index (χ2v) is 8.56. The molecule has 0 amide bonds. The van der Waals surface area contributed by atoms with Crippen LogP contribution in [0.2, 0.25) is 20.1 Å². The molecule has 1 aliphatic carbocycles. The van der Waals surface area contributed by atoms with E-state index in [9.17, 15) is 19.5 Å². The van der Waals surface area contributed by atoms with Crippen LogP contribution in [0.4, 0.5) is 0 Å². The largest absolute Gasteiger partial charge is 0.506 e. The first-order valence-electron chi connectivity index (χ1n) is 9.27. The Morgan fingerprint density at radius 3 is 2.38 bits per heavy atom. The molecular weight excluding hydrogens is 498 g/mol. The highest BCUT2D eigenvalue weighted by molar-refractivity contribution is 6.41. The second-order valence-electron chi connectivity index (χ2n) is 6.96. The van der Waals surface area contributed by atoms with Gasteiger partial charge in [-0.25, -0.2) is 0 Å². The number of carbonyl (C=O) groups excluding carboxylic acids is 2. The summed E-state index contributed by atoms with van der Waals surface area (Å²) in [7, 11) is 0. The van der Waals surface area contributed by atoms with Crippen molar-refractivity contribution in [3.05, 3.63) is 71.8 Å². The van der Waals surface area contributed by atoms with E-state index >= 15 is 0 Å². The second kappa shape index (κ2) is 8.41. The third-order valence-electron chi connectivity index (χ3n) is 5.08. The van der Waals surface area contributed by atoms with Crippen LogP contribution in [-0.4, -0.2) is 17.2 Å². The molecular formula is C23H12Cl4O5. The highest BCUT2D eigenvalue weighted by Gasteiger charge is 2.27. The van der Waals surface area contributed by atoms with Crippen molar-refractivity contribution >= 4 is 69.4 Å². The normalized spacial score (nSPS) is 11.3. The van der Waals surface area contributed by atoms with Gasteiger partial charge in [0.2, 0.25) is 5.43 Å². The number of fused-ring (bicyclic) bond motifs is 2. The van der Waals surface area contributed by atoms with Gasteiger partial charge in [-0.3, -0.25) is 14.4 Å². The average Bonchev–Trinajstić information content (AvgIpc) is 2.75. The zero-order valence-electron chi connectivity index (χ0n) is 16.3. The number of hydrogen-bond donors (Lipinski definition) is 1. The number of phenols is 1. The topological polar surface area (TPSA) is 84.6 Å². The molecule has 2 aromatic rings. The van der Waals surface area contributed by atoms with Gasteiger partial charge in [0, 0.05) is 51.8 Å². The van der Waals surface area contributed by atoms with Crippen LogP contribution in [0.15, 0.2) is 39.5 Å². The van der Waals surface area contributed by atoms with Crippen LogP contribution in [0.5, 0.6) is 5.75 Å². The van der Waals surface area contributed by atoms with Gasteiger partial charge >= 0.3 is 0 Å². The lowest BCUT2D eigenvalue weighted by atomic mass is 9.89. The Morgan fingerprint density at radius 1 is 1.00 bits per heavy atom. The molecule has 0 saturated carbocycles. The van der Waals surface area contributed by atoms with Gasteiger partial charge in [0.05, 0.1) is 20.1 Å². The Hall–Kier alpha value is -2.57. The van der Waals surface area contributed by atoms with Crippen LogP contribution in [0.3, 0.4) is 0 Å². The predicted octanol–water partition coefficient (Wildman–Crippen LogP) is 7.29. The van der Waals surface area contributed by atoms with Crippen molar-refractivity contribution in [2.45, 2.75) is 13.3 Å². The molecule has 1 heterocycles. The molecule has 162 valence electrons.